The minimum absolute atomic E-state index is 0.136. The van der Waals surface area contributed by atoms with Gasteiger partial charge in [-0.05, 0) is 6.07 Å². The molecule has 100 valence electrons. The van der Waals surface area contributed by atoms with Crippen LogP contribution in [-0.2, 0) is 4.79 Å². The first-order valence-electron chi connectivity index (χ1n) is 5.48. The maximum absolute atomic E-state index is 13.2. The number of carbonyl (C=O) groups excluding carboxylic acids is 2. The van der Waals surface area contributed by atoms with Crippen LogP contribution in [0.25, 0.3) is 0 Å². The van der Waals surface area contributed by atoms with E-state index in [1.807, 2.05) is 0 Å². The standard InChI is InChI=1S/C11H10FN3O4/c12-8-3-7(4-9(5-8)15(18)19)11(17)14-2-1-13-10(16)6-14/h3-5H,1-2,6H2,(H,13,16). The number of nitro groups is 1. The summed E-state index contributed by atoms with van der Waals surface area (Å²) in [5, 5.41) is 13.2. The molecule has 8 heteroatoms. The molecule has 1 aromatic carbocycles. The molecule has 1 aromatic rings. The number of rotatable bonds is 2. The lowest BCUT2D eigenvalue weighted by Gasteiger charge is -2.26. The Balaban J connectivity index is 2.28. The van der Waals surface area contributed by atoms with Crippen LogP contribution in [0, 0.1) is 15.9 Å². The Labute approximate surface area is 107 Å². The summed E-state index contributed by atoms with van der Waals surface area (Å²) < 4.78 is 13.2. The Bertz CT molecular complexity index is 561. The van der Waals surface area contributed by atoms with Crippen molar-refractivity contribution in [2.45, 2.75) is 0 Å². The highest BCUT2D eigenvalue weighted by molar-refractivity contribution is 5.97. The van der Waals surface area contributed by atoms with Gasteiger partial charge in [-0.3, -0.25) is 19.7 Å². The molecule has 1 aliphatic rings. The minimum atomic E-state index is -0.862. The highest BCUT2D eigenvalue weighted by Crippen LogP contribution is 2.18. The smallest absolute Gasteiger partial charge is 0.273 e. The zero-order valence-electron chi connectivity index (χ0n) is 9.76. The van der Waals surface area contributed by atoms with Gasteiger partial charge in [0.1, 0.15) is 5.82 Å². The summed E-state index contributed by atoms with van der Waals surface area (Å²) in [6.07, 6.45) is 0. The van der Waals surface area contributed by atoms with E-state index in [-0.39, 0.29) is 24.6 Å². The van der Waals surface area contributed by atoms with E-state index >= 15 is 0 Å². The second-order valence-corrected chi connectivity index (χ2v) is 4.03. The zero-order chi connectivity index (χ0) is 14.0. The molecule has 0 unspecified atom stereocenters. The van der Waals surface area contributed by atoms with Gasteiger partial charge in [-0.25, -0.2) is 4.39 Å². The highest BCUT2D eigenvalue weighted by atomic mass is 19.1. The first kappa shape index (κ1) is 12.9. The molecule has 1 N–H and O–H groups in total. The Morgan fingerprint density at radius 2 is 2.16 bits per heavy atom. The van der Waals surface area contributed by atoms with E-state index in [4.69, 9.17) is 0 Å². The van der Waals surface area contributed by atoms with Crippen molar-refractivity contribution in [3.05, 3.63) is 39.7 Å². The third-order valence-electron chi connectivity index (χ3n) is 2.67. The van der Waals surface area contributed by atoms with Crippen LogP contribution >= 0.6 is 0 Å². The summed E-state index contributed by atoms with van der Waals surface area (Å²) in [4.78, 5) is 34.2. The quantitative estimate of drug-likeness (QED) is 0.616. The summed E-state index contributed by atoms with van der Waals surface area (Å²) >= 11 is 0. The molecule has 0 radical (unpaired) electrons. The Morgan fingerprint density at radius 1 is 1.42 bits per heavy atom. The van der Waals surface area contributed by atoms with E-state index in [0.717, 1.165) is 18.2 Å². The third-order valence-corrected chi connectivity index (χ3v) is 2.67. The molecule has 0 aromatic heterocycles. The molecule has 2 amide bonds. The van der Waals surface area contributed by atoms with E-state index in [0.29, 0.717) is 6.54 Å². The second-order valence-electron chi connectivity index (χ2n) is 4.03. The first-order valence-corrected chi connectivity index (χ1v) is 5.48. The van der Waals surface area contributed by atoms with Gasteiger partial charge < -0.3 is 10.2 Å². The number of hydrogen-bond acceptors (Lipinski definition) is 4. The fourth-order valence-electron chi connectivity index (χ4n) is 1.80. The Morgan fingerprint density at radius 3 is 2.79 bits per heavy atom. The molecule has 1 fully saturated rings. The van der Waals surface area contributed by atoms with Crippen LogP contribution in [0.4, 0.5) is 10.1 Å². The van der Waals surface area contributed by atoms with E-state index in [1.165, 1.54) is 4.90 Å². The normalized spacial score (nSPS) is 15.0. The van der Waals surface area contributed by atoms with Crippen molar-refractivity contribution in [3.63, 3.8) is 0 Å². The van der Waals surface area contributed by atoms with Gasteiger partial charge >= 0.3 is 0 Å². The van der Waals surface area contributed by atoms with Crippen molar-refractivity contribution in [3.8, 4) is 0 Å². The number of halogens is 1. The van der Waals surface area contributed by atoms with Crippen LogP contribution in [0.3, 0.4) is 0 Å². The molecule has 7 nitrogen and oxygen atoms in total. The van der Waals surface area contributed by atoms with Gasteiger partial charge in [-0.2, -0.15) is 0 Å². The Hall–Kier alpha value is -2.51. The number of carbonyl (C=O) groups is 2. The number of benzene rings is 1. The fraction of sp³-hybridized carbons (Fsp3) is 0.273. The largest absolute Gasteiger partial charge is 0.353 e. The van der Waals surface area contributed by atoms with Crippen LogP contribution in [0.15, 0.2) is 18.2 Å². The van der Waals surface area contributed by atoms with E-state index in [1.54, 1.807) is 0 Å². The molecule has 19 heavy (non-hydrogen) atoms. The maximum atomic E-state index is 13.2. The van der Waals surface area contributed by atoms with Crippen LogP contribution in [0.2, 0.25) is 0 Å². The van der Waals surface area contributed by atoms with Gasteiger partial charge in [0.15, 0.2) is 0 Å². The monoisotopic (exact) mass is 267 g/mol. The number of nitrogens with zero attached hydrogens (tertiary/aromatic N) is 2. The summed E-state index contributed by atoms with van der Waals surface area (Å²) in [5.41, 5.74) is -0.633. The van der Waals surface area contributed by atoms with Gasteiger partial charge in [0, 0.05) is 24.7 Å². The van der Waals surface area contributed by atoms with Crippen molar-refractivity contribution >= 4 is 17.5 Å². The molecule has 0 saturated carbocycles. The first-order chi connectivity index (χ1) is 8.97. The summed E-state index contributed by atoms with van der Waals surface area (Å²) in [6, 6.07) is 2.65. The molecule has 0 bridgehead atoms. The summed E-state index contributed by atoms with van der Waals surface area (Å²) in [5.74, 6) is -1.78. The van der Waals surface area contributed by atoms with Gasteiger partial charge in [0.25, 0.3) is 11.6 Å². The molecule has 0 aliphatic carbocycles. The van der Waals surface area contributed by atoms with Crippen molar-refractivity contribution in [2.75, 3.05) is 19.6 Å². The minimum Gasteiger partial charge on any atom is -0.353 e. The lowest BCUT2D eigenvalue weighted by Crippen LogP contribution is -2.50. The highest BCUT2D eigenvalue weighted by Gasteiger charge is 2.24. The van der Waals surface area contributed by atoms with Crippen LogP contribution in [-0.4, -0.2) is 41.3 Å². The molecule has 0 spiro atoms. The number of nitrogens with one attached hydrogen (secondary N) is 1. The number of nitro benzene ring substituents is 1. The maximum Gasteiger partial charge on any atom is 0.273 e. The van der Waals surface area contributed by atoms with Crippen LogP contribution < -0.4 is 5.32 Å². The molecule has 2 rings (SSSR count). The molecule has 1 aliphatic heterocycles. The lowest BCUT2D eigenvalue weighted by molar-refractivity contribution is -0.385. The summed E-state index contributed by atoms with van der Waals surface area (Å²) in [6.45, 7) is 0.458. The molecule has 1 heterocycles. The SMILES string of the molecule is O=C1CN(C(=O)c2cc(F)cc([N+](=O)[O-])c2)CCN1. The molecule has 1 saturated heterocycles. The van der Waals surface area contributed by atoms with Crippen molar-refractivity contribution in [1.82, 2.24) is 10.2 Å². The van der Waals surface area contributed by atoms with Crippen LogP contribution in [0.1, 0.15) is 10.4 Å². The lowest BCUT2D eigenvalue weighted by atomic mass is 10.1. The average molecular weight is 267 g/mol. The third kappa shape index (κ3) is 2.84. The topological polar surface area (TPSA) is 92.5 Å². The Kier molecular flexibility index (Phi) is 3.41. The van der Waals surface area contributed by atoms with Gasteiger partial charge in [-0.1, -0.05) is 0 Å². The summed E-state index contributed by atoms with van der Waals surface area (Å²) in [7, 11) is 0. The zero-order valence-corrected chi connectivity index (χ0v) is 9.76. The van der Waals surface area contributed by atoms with E-state index < -0.39 is 22.3 Å². The number of non-ortho nitro benzene ring substituents is 1. The second kappa shape index (κ2) is 5.01. The predicted octanol–water partition coefficient (Wildman–Crippen LogP) is 0.306. The van der Waals surface area contributed by atoms with Gasteiger partial charge in [0.2, 0.25) is 5.91 Å². The molecule has 0 atom stereocenters. The fourth-order valence-corrected chi connectivity index (χ4v) is 1.80. The van der Waals surface area contributed by atoms with Crippen molar-refractivity contribution < 1.29 is 18.9 Å². The molecular formula is C11H10FN3O4. The van der Waals surface area contributed by atoms with Gasteiger partial charge in [-0.15, -0.1) is 0 Å². The van der Waals surface area contributed by atoms with Crippen LogP contribution in [0.5, 0.6) is 0 Å². The number of amides is 2. The van der Waals surface area contributed by atoms with Gasteiger partial charge in [0.05, 0.1) is 17.5 Å². The predicted molar refractivity (Wildman–Crippen MR) is 62.0 cm³/mol. The van der Waals surface area contributed by atoms with E-state index in [2.05, 4.69) is 5.32 Å². The number of hydrogen-bond donors (Lipinski definition) is 1. The van der Waals surface area contributed by atoms with Crippen molar-refractivity contribution in [2.24, 2.45) is 0 Å². The average Bonchev–Trinajstić information content (AvgIpc) is 2.37. The van der Waals surface area contributed by atoms with E-state index in [9.17, 15) is 24.1 Å². The molecular weight excluding hydrogens is 257 g/mol. The van der Waals surface area contributed by atoms with Crippen molar-refractivity contribution in [1.29, 1.82) is 0 Å². The number of piperazine rings is 1.